The van der Waals surface area contributed by atoms with Crippen molar-refractivity contribution in [2.75, 3.05) is 28.7 Å². The average molecular weight is 320 g/mol. The number of nitrogens with zero attached hydrogens (tertiary/aromatic N) is 2. The number of aromatic nitrogens is 1. The van der Waals surface area contributed by atoms with Gasteiger partial charge in [-0.05, 0) is 28.9 Å². The van der Waals surface area contributed by atoms with Gasteiger partial charge in [0.1, 0.15) is 5.82 Å². The highest BCUT2D eigenvalue weighted by atomic mass is 79.9. The fourth-order valence-corrected chi connectivity index (χ4v) is 4.12. The third kappa shape index (κ3) is 2.71. The number of hydrogen-bond acceptors (Lipinski definition) is 5. The maximum Gasteiger partial charge on any atom is 0.154 e. The lowest BCUT2D eigenvalue weighted by molar-refractivity contribution is 0.566. The van der Waals surface area contributed by atoms with Gasteiger partial charge in [0.25, 0.3) is 0 Å². The van der Waals surface area contributed by atoms with Crippen molar-refractivity contribution < 1.29 is 8.42 Å². The van der Waals surface area contributed by atoms with Crippen molar-refractivity contribution in [2.24, 2.45) is 0 Å². The van der Waals surface area contributed by atoms with Gasteiger partial charge in [0.15, 0.2) is 9.84 Å². The SMILES string of the molecule is CC1CS(=O)(=O)CCN1c1ncc(N)cc1Br. The van der Waals surface area contributed by atoms with E-state index >= 15 is 0 Å². The Bertz CT molecular complexity index is 532. The van der Waals surface area contributed by atoms with Gasteiger partial charge in [-0.2, -0.15) is 0 Å². The van der Waals surface area contributed by atoms with Crippen molar-refractivity contribution in [1.82, 2.24) is 4.98 Å². The molecule has 2 heterocycles. The Labute approximate surface area is 109 Å². The zero-order valence-corrected chi connectivity index (χ0v) is 11.8. The van der Waals surface area contributed by atoms with E-state index in [9.17, 15) is 8.42 Å². The van der Waals surface area contributed by atoms with E-state index in [0.29, 0.717) is 12.2 Å². The molecular weight excluding hydrogens is 306 g/mol. The van der Waals surface area contributed by atoms with Gasteiger partial charge in [-0.3, -0.25) is 0 Å². The Hall–Kier alpha value is -0.820. The molecule has 1 aliphatic rings. The van der Waals surface area contributed by atoms with Crippen LogP contribution in [0.5, 0.6) is 0 Å². The molecule has 17 heavy (non-hydrogen) atoms. The lowest BCUT2D eigenvalue weighted by Crippen LogP contribution is -2.47. The summed E-state index contributed by atoms with van der Waals surface area (Å²) in [5.74, 6) is 1.10. The Morgan fingerprint density at radius 1 is 1.59 bits per heavy atom. The van der Waals surface area contributed by atoms with Crippen LogP contribution in [0, 0.1) is 0 Å². The van der Waals surface area contributed by atoms with Crippen LogP contribution in [-0.2, 0) is 9.84 Å². The van der Waals surface area contributed by atoms with Crippen molar-refractivity contribution >= 4 is 37.3 Å². The first-order chi connectivity index (χ1) is 7.89. The zero-order chi connectivity index (χ0) is 12.6. The van der Waals surface area contributed by atoms with Crippen LogP contribution >= 0.6 is 15.9 Å². The number of nitrogens with two attached hydrogens (primary N) is 1. The highest BCUT2D eigenvalue weighted by molar-refractivity contribution is 9.10. The first-order valence-electron chi connectivity index (χ1n) is 5.27. The van der Waals surface area contributed by atoms with Gasteiger partial charge in [-0.15, -0.1) is 0 Å². The largest absolute Gasteiger partial charge is 0.397 e. The van der Waals surface area contributed by atoms with Gasteiger partial charge in [0.05, 0.1) is 27.9 Å². The summed E-state index contributed by atoms with van der Waals surface area (Å²) in [6.45, 7) is 2.36. The molecule has 1 aromatic heterocycles. The molecule has 0 bridgehead atoms. The molecule has 0 aliphatic carbocycles. The summed E-state index contributed by atoms with van der Waals surface area (Å²) in [7, 11) is -2.90. The predicted octanol–water partition coefficient (Wildman–Crippen LogP) is 1.05. The highest BCUT2D eigenvalue weighted by Gasteiger charge is 2.29. The normalized spacial score (nSPS) is 23.6. The molecule has 1 fully saturated rings. The summed E-state index contributed by atoms with van der Waals surface area (Å²) in [4.78, 5) is 6.25. The average Bonchev–Trinajstić information content (AvgIpc) is 2.18. The summed E-state index contributed by atoms with van der Waals surface area (Å²) in [5, 5.41) is 0. The molecule has 2 rings (SSSR count). The molecule has 2 N–H and O–H groups in total. The van der Waals surface area contributed by atoms with Crippen molar-refractivity contribution in [3.8, 4) is 0 Å². The number of pyridine rings is 1. The molecule has 7 heteroatoms. The molecule has 1 aliphatic heterocycles. The number of anilines is 2. The summed E-state index contributed by atoms with van der Waals surface area (Å²) in [6.07, 6.45) is 1.58. The molecule has 1 atom stereocenters. The third-order valence-electron chi connectivity index (χ3n) is 2.79. The summed E-state index contributed by atoms with van der Waals surface area (Å²) >= 11 is 3.41. The number of rotatable bonds is 1. The van der Waals surface area contributed by atoms with Crippen LogP contribution in [0.4, 0.5) is 11.5 Å². The molecule has 1 saturated heterocycles. The van der Waals surface area contributed by atoms with E-state index in [1.807, 2.05) is 11.8 Å². The van der Waals surface area contributed by atoms with Crippen LogP contribution in [0.2, 0.25) is 0 Å². The van der Waals surface area contributed by atoms with E-state index in [-0.39, 0.29) is 17.5 Å². The van der Waals surface area contributed by atoms with E-state index in [2.05, 4.69) is 20.9 Å². The van der Waals surface area contributed by atoms with Gasteiger partial charge in [-0.1, -0.05) is 0 Å². The molecule has 1 unspecified atom stereocenters. The number of halogens is 1. The molecule has 0 aromatic carbocycles. The maximum atomic E-state index is 11.5. The molecule has 0 spiro atoms. The Balaban J connectivity index is 2.29. The van der Waals surface area contributed by atoms with E-state index in [0.717, 1.165) is 10.3 Å². The molecule has 5 nitrogen and oxygen atoms in total. The van der Waals surface area contributed by atoms with Crippen LogP contribution in [0.1, 0.15) is 6.92 Å². The van der Waals surface area contributed by atoms with Gasteiger partial charge in [0, 0.05) is 12.6 Å². The van der Waals surface area contributed by atoms with E-state index in [4.69, 9.17) is 5.73 Å². The monoisotopic (exact) mass is 319 g/mol. The van der Waals surface area contributed by atoms with Crippen molar-refractivity contribution in [2.45, 2.75) is 13.0 Å². The van der Waals surface area contributed by atoms with Crippen LogP contribution in [0.15, 0.2) is 16.7 Å². The van der Waals surface area contributed by atoms with E-state index in [1.54, 1.807) is 12.3 Å². The molecule has 0 saturated carbocycles. The minimum absolute atomic E-state index is 0.0684. The lowest BCUT2D eigenvalue weighted by atomic mass is 10.3. The van der Waals surface area contributed by atoms with Crippen LogP contribution in [0.25, 0.3) is 0 Å². The van der Waals surface area contributed by atoms with Gasteiger partial charge in [-0.25, -0.2) is 13.4 Å². The smallest absolute Gasteiger partial charge is 0.154 e. The molecule has 0 radical (unpaired) electrons. The Kier molecular flexibility index (Phi) is 3.31. The second-order valence-electron chi connectivity index (χ2n) is 4.23. The first kappa shape index (κ1) is 12.6. The van der Waals surface area contributed by atoms with Gasteiger partial charge < -0.3 is 10.6 Å². The molecule has 0 amide bonds. The second-order valence-corrected chi connectivity index (χ2v) is 7.31. The zero-order valence-electron chi connectivity index (χ0n) is 9.43. The highest BCUT2D eigenvalue weighted by Crippen LogP contribution is 2.28. The maximum absolute atomic E-state index is 11.5. The van der Waals surface area contributed by atoms with Gasteiger partial charge in [0.2, 0.25) is 0 Å². The topological polar surface area (TPSA) is 76.3 Å². The molecular formula is C10H14BrN3O2S. The fraction of sp³-hybridized carbons (Fsp3) is 0.500. The van der Waals surface area contributed by atoms with Crippen molar-refractivity contribution in [3.05, 3.63) is 16.7 Å². The minimum Gasteiger partial charge on any atom is -0.397 e. The van der Waals surface area contributed by atoms with E-state index < -0.39 is 9.84 Å². The number of nitrogen functional groups attached to an aromatic ring is 1. The Morgan fingerprint density at radius 2 is 2.29 bits per heavy atom. The van der Waals surface area contributed by atoms with Crippen molar-refractivity contribution in [1.29, 1.82) is 0 Å². The predicted molar refractivity (Wildman–Crippen MR) is 71.8 cm³/mol. The van der Waals surface area contributed by atoms with Crippen LogP contribution in [0.3, 0.4) is 0 Å². The molecule has 94 valence electrons. The van der Waals surface area contributed by atoms with Crippen LogP contribution < -0.4 is 10.6 Å². The summed E-state index contributed by atoms with van der Waals surface area (Å²) in [6, 6.07) is 1.71. The Morgan fingerprint density at radius 3 is 2.88 bits per heavy atom. The fourth-order valence-electron chi connectivity index (χ4n) is 1.97. The van der Waals surface area contributed by atoms with E-state index in [1.165, 1.54) is 0 Å². The number of hydrogen-bond donors (Lipinski definition) is 1. The standard InChI is InChI=1S/C10H14BrN3O2S/c1-7-6-17(15,16)3-2-14(7)10-9(11)4-8(12)5-13-10/h4-5,7H,2-3,6,12H2,1H3. The summed E-state index contributed by atoms with van der Waals surface area (Å²) in [5.41, 5.74) is 6.21. The second kappa shape index (κ2) is 4.45. The quantitative estimate of drug-likeness (QED) is 0.837. The number of sulfone groups is 1. The first-order valence-corrected chi connectivity index (χ1v) is 7.88. The summed E-state index contributed by atoms with van der Waals surface area (Å²) < 4.78 is 23.8. The van der Waals surface area contributed by atoms with Crippen molar-refractivity contribution in [3.63, 3.8) is 0 Å². The van der Waals surface area contributed by atoms with Gasteiger partial charge >= 0.3 is 0 Å². The van der Waals surface area contributed by atoms with Crippen LogP contribution in [-0.4, -0.2) is 37.5 Å². The minimum atomic E-state index is -2.90. The lowest BCUT2D eigenvalue weighted by Gasteiger charge is -2.34. The molecule has 1 aromatic rings. The third-order valence-corrected chi connectivity index (χ3v) is 5.16.